The zero-order valence-electron chi connectivity index (χ0n) is 16.1. The molecule has 0 N–H and O–H groups in total. The summed E-state index contributed by atoms with van der Waals surface area (Å²) in [6, 6.07) is 0. The van der Waals surface area contributed by atoms with E-state index in [0.717, 1.165) is 30.6 Å². The van der Waals surface area contributed by atoms with Crippen LogP contribution in [0.2, 0.25) is 0 Å². The zero-order valence-corrected chi connectivity index (χ0v) is 16.9. The summed E-state index contributed by atoms with van der Waals surface area (Å²) in [6.07, 6.45) is 13.0. The van der Waals surface area contributed by atoms with Gasteiger partial charge in [-0.05, 0) is 78.8 Å². The van der Waals surface area contributed by atoms with E-state index in [0.29, 0.717) is 10.8 Å². The topological polar surface area (TPSA) is 39.2 Å². The van der Waals surface area contributed by atoms with Crippen LogP contribution in [0.4, 0.5) is 0 Å². The molecule has 1 heterocycles. The van der Waals surface area contributed by atoms with Gasteiger partial charge in [0.25, 0.3) is 0 Å². The molecule has 1 aromatic rings. The van der Waals surface area contributed by atoms with Gasteiger partial charge in [-0.3, -0.25) is 4.79 Å². The molecule has 140 valence electrons. The predicted octanol–water partition coefficient (Wildman–Crippen LogP) is 5.05. The largest absolute Gasteiger partial charge is 0.462 e. The fourth-order valence-corrected chi connectivity index (χ4v) is 8.06. The molecule has 0 saturated heterocycles. The maximum Gasteiger partial charge on any atom is 0.302 e. The molecule has 3 nitrogen and oxygen atoms in total. The van der Waals surface area contributed by atoms with Crippen LogP contribution in [0.15, 0.2) is 17.8 Å². The number of aromatic nitrogens is 1. The summed E-state index contributed by atoms with van der Waals surface area (Å²) >= 11 is 1.75. The molecule has 4 aliphatic rings. The summed E-state index contributed by atoms with van der Waals surface area (Å²) in [5.41, 5.74) is 3.78. The van der Waals surface area contributed by atoms with Crippen LogP contribution in [-0.2, 0) is 21.4 Å². The molecular weight excluding hydrogens is 342 g/mol. The first-order chi connectivity index (χ1) is 12.4. The minimum absolute atomic E-state index is 0.0989. The summed E-state index contributed by atoms with van der Waals surface area (Å²) in [5, 5.41) is 0. The maximum absolute atomic E-state index is 11.4. The molecule has 0 amide bonds. The number of fused-ring (bicyclic) bond motifs is 7. The average molecular weight is 372 g/mol. The van der Waals surface area contributed by atoms with Crippen LogP contribution in [0.1, 0.15) is 69.7 Å². The van der Waals surface area contributed by atoms with Crippen LogP contribution < -0.4 is 0 Å². The van der Waals surface area contributed by atoms with E-state index in [9.17, 15) is 4.79 Å². The van der Waals surface area contributed by atoms with Crippen LogP contribution in [0, 0.1) is 23.2 Å². The van der Waals surface area contributed by atoms with Crippen molar-refractivity contribution in [2.24, 2.45) is 23.2 Å². The van der Waals surface area contributed by atoms with Gasteiger partial charge in [-0.15, -0.1) is 0 Å². The number of carbonyl (C=O) groups is 1. The highest BCUT2D eigenvalue weighted by molar-refractivity contribution is 7.06. The number of hydrogen-bond donors (Lipinski definition) is 0. The molecule has 1 aromatic heterocycles. The van der Waals surface area contributed by atoms with Gasteiger partial charge in [-0.25, -0.2) is 4.37 Å². The lowest BCUT2D eigenvalue weighted by Crippen LogP contribution is -2.51. The number of ether oxygens (including phenoxy) is 1. The summed E-state index contributed by atoms with van der Waals surface area (Å²) in [7, 11) is 0. The van der Waals surface area contributed by atoms with Crippen molar-refractivity contribution in [2.75, 3.05) is 0 Å². The number of nitrogens with zero attached hydrogens (tertiary/aromatic N) is 1. The molecule has 6 atom stereocenters. The van der Waals surface area contributed by atoms with Crippen molar-refractivity contribution < 1.29 is 9.53 Å². The molecule has 0 bridgehead atoms. The normalized spacial score (nSPS) is 43.6. The summed E-state index contributed by atoms with van der Waals surface area (Å²) in [6.45, 7) is 6.56. The smallest absolute Gasteiger partial charge is 0.302 e. The van der Waals surface area contributed by atoms with Crippen molar-refractivity contribution in [2.45, 2.75) is 77.2 Å². The van der Waals surface area contributed by atoms with E-state index in [4.69, 9.17) is 4.74 Å². The Balaban J connectivity index is 1.44. The van der Waals surface area contributed by atoms with Crippen LogP contribution >= 0.6 is 11.5 Å². The molecule has 0 aliphatic heterocycles. The van der Waals surface area contributed by atoms with Crippen molar-refractivity contribution >= 4 is 17.5 Å². The predicted molar refractivity (Wildman–Crippen MR) is 103 cm³/mol. The summed E-state index contributed by atoms with van der Waals surface area (Å²) < 4.78 is 10.0. The highest BCUT2D eigenvalue weighted by Crippen LogP contribution is 2.64. The minimum Gasteiger partial charge on any atom is -0.462 e. The quantitative estimate of drug-likeness (QED) is 0.512. The second kappa shape index (κ2) is 5.67. The Kier molecular flexibility index (Phi) is 3.70. The molecule has 4 aliphatic carbocycles. The first-order valence-corrected chi connectivity index (χ1v) is 11.0. The third kappa shape index (κ3) is 2.23. The fraction of sp³-hybridized carbons (Fsp3) is 0.727. The van der Waals surface area contributed by atoms with E-state index < -0.39 is 0 Å². The third-order valence-corrected chi connectivity index (χ3v) is 9.51. The Morgan fingerprint density at radius 2 is 2.00 bits per heavy atom. The van der Waals surface area contributed by atoms with Crippen molar-refractivity contribution in [3.05, 3.63) is 28.3 Å². The van der Waals surface area contributed by atoms with Gasteiger partial charge >= 0.3 is 5.97 Å². The average Bonchev–Trinajstić information content (AvgIpc) is 3.16. The van der Waals surface area contributed by atoms with Crippen LogP contribution in [0.3, 0.4) is 0 Å². The van der Waals surface area contributed by atoms with Crippen LogP contribution in [0.5, 0.6) is 0 Å². The van der Waals surface area contributed by atoms with E-state index in [2.05, 4.69) is 30.5 Å². The van der Waals surface area contributed by atoms with Gasteiger partial charge in [-0.2, -0.15) is 0 Å². The number of hydrogen-bond acceptors (Lipinski definition) is 4. The second-order valence-corrected chi connectivity index (χ2v) is 10.4. The van der Waals surface area contributed by atoms with E-state index in [1.54, 1.807) is 22.0 Å². The molecule has 0 spiro atoms. The highest BCUT2D eigenvalue weighted by atomic mass is 32.1. The molecule has 2 saturated carbocycles. The number of rotatable bonds is 1. The maximum atomic E-state index is 11.4. The van der Waals surface area contributed by atoms with E-state index >= 15 is 0 Å². The molecule has 4 heteroatoms. The van der Waals surface area contributed by atoms with Crippen molar-refractivity contribution in [3.8, 4) is 0 Å². The lowest BCUT2D eigenvalue weighted by Gasteiger charge is -2.57. The first kappa shape index (κ1) is 17.0. The lowest BCUT2D eigenvalue weighted by molar-refractivity contribution is -0.148. The van der Waals surface area contributed by atoms with Gasteiger partial charge < -0.3 is 4.74 Å². The zero-order chi connectivity index (χ0) is 18.1. The van der Waals surface area contributed by atoms with Gasteiger partial charge in [0, 0.05) is 29.8 Å². The SMILES string of the molecule is CC(=O)O[C@H]1CC[C@@]2(C)C(=CC[C@@H]3[C@@H]2CC[C@]2(C)c4sncc4C[C@@H]32)C1. The molecule has 0 radical (unpaired) electrons. The van der Waals surface area contributed by atoms with Gasteiger partial charge in [0.1, 0.15) is 6.10 Å². The lowest BCUT2D eigenvalue weighted by atomic mass is 9.48. The standard InChI is InChI=1S/C22H29NO2S/c1-13(24)25-16-6-8-21(2)15(11-16)4-5-17-18(21)7-9-22(3)19(17)10-14-12-23-26-20(14)22/h4,12,16-19H,5-11H2,1-3H3/t16-,17+,18-,19-,21-,22-/m0/s1. The van der Waals surface area contributed by atoms with Gasteiger partial charge in [0.2, 0.25) is 0 Å². The molecule has 0 aromatic carbocycles. The van der Waals surface area contributed by atoms with Crippen molar-refractivity contribution in [1.29, 1.82) is 0 Å². The third-order valence-electron chi connectivity index (χ3n) is 8.38. The Bertz CT molecular complexity index is 783. The van der Waals surface area contributed by atoms with Gasteiger partial charge in [0.05, 0.1) is 0 Å². The van der Waals surface area contributed by atoms with Crippen LogP contribution in [-0.4, -0.2) is 16.4 Å². The Morgan fingerprint density at radius 1 is 1.19 bits per heavy atom. The molecule has 0 unspecified atom stereocenters. The second-order valence-electron chi connectivity index (χ2n) is 9.57. The van der Waals surface area contributed by atoms with Gasteiger partial charge in [-0.1, -0.05) is 25.5 Å². The molecule has 26 heavy (non-hydrogen) atoms. The minimum atomic E-state index is -0.132. The van der Waals surface area contributed by atoms with E-state index in [1.165, 1.54) is 44.6 Å². The van der Waals surface area contributed by atoms with Crippen molar-refractivity contribution in [3.63, 3.8) is 0 Å². The Labute approximate surface area is 160 Å². The van der Waals surface area contributed by atoms with Gasteiger partial charge in [0.15, 0.2) is 0 Å². The Morgan fingerprint density at radius 3 is 2.81 bits per heavy atom. The number of allylic oxidation sites excluding steroid dienone is 1. The number of carbonyl (C=O) groups excluding carboxylic acids is 1. The number of esters is 1. The van der Waals surface area contributed by atoms with Crippen LogP contribution in [0.25, 0.3) is 0 Å². The summed E-state index contributed by atoms with van der Waals surface area (Å²) in [5.74, 6) is 2.24. The molecule has 2 fully saturated rings. The van der Waals surface area contributed by atoms with E-state index in [1.807, 2.05) is 0 Å². The summed E-state index contributed by atoms with van der Waals surface area (Å²) in [4.78, 5) is 13.0. The monoisotopic (exact) mass is 371 g/mol. The van der Waals surface area contributed by atoms with Crippen molar-refractivity contribution in [1.82, 2.24) is 4.37 Å². The fourth-order valence-electron chi connectivity index (χ4n) is 7.05. The Hall–Kier alpha value is -1.16. The molecule has 5 rings (SSSR count). The molecular formula is C22H29NO2S. The first-order valence-electron chi connectivity index (χ1n) is 10.2. The van der Waals surface area contributed by atoms with E-state index in [-0.39, 0.29) is 12.1 Å². The highest BCUT2D eigenvalue weighted by Gasteiger charge is 2.58.